The number of nitrogen functional groups attached to an aromatic ring is 1. The van der Waals surface area contributed by atoms with Gasteiger partial charge in [0.05, 0.1) is 11.8 Å². The van der Waals surface area contributed by atoms with Gasteiger partial charge in [-0.3, -0.25) is 0 Å². The predicted molar refractivity (Wildman–Crippen MR) is 55.7 cm³/mol. The summed E-state index contributed by atoms with van der Waals surface area (Å²) in [7, 11) is 0. The minimum Gasteiger partial charge on any atom is -0.507 e. The van der Waals surface area contributed by atoms with Gasteiger partial charge in [0.2, 0.25) is 0 Å². The molecule has 1 heterocycles. The Bertz CT molecular complexity index is 468. The second-order valence-corrected chi connectivity index (χ2v) is 3.69. The summed E-state index contributed by atoms with van der Waals surface area (Å²) < 4.78 is 5.76. The molecule has 0 spiro atoms. The molecule has 0 aliphatic carbocycles. The average molecular weight is 255 g/mol. The van der Waals surface area contributed by atoms with E-state index in [0.717, 1.165) is 4.47 Å². The van der Waals surface area contributed by atoms with E-state index in [1.807, 2.05) is 0 Å². The van der Waals surface area contributed by atoms with Crippen LogP contribution in [-0.2, 0) is 0 Å². The molecule has 0 aliphatic rings. The second kappa shape index (κ2) is 3.34. The number of hydrogen-bond acceptors (Lipinski definition) is 4. The summed E-state index contributed by atoms with van der Waals surface area (Å²) >= 11 is 3.29. The van der Waals surface area contributed by atoms with Crippen molar-refractivity contribution < 1.29 is 9.63 Å². The molecule has 0 radical (unpaired) electrons. The highest BCUT2D eigenvalue weighted by Gasteiger charge is 2.12. The molecule has 14 heavy (non-hydrogen) atoms. The molecular formula is C9H7BrN2O2. The van der Waals surface area contributed by atoms with Crippen LogP contribution in [0, 0.1) is 0 Å². The molecule has 2 rings (SSSR count). The van der Waals surface area contributed by atoms with E-state index in [1.54, 1.807) is 18.2 Å². The van der Waals surface area contributed by atoms with Gasteiger partial charge in [0.15, 0.2) is 5.76 Å². The third-order valence-corrected chi connectivity index (χ3v) is 2.29. The number of aromatic nitrogens is 1. The third-order valence-electron chi connectivity index (χ3n) is 1.80. The number of aromatic hydroxyl groups is 1. The minimum atomic E-state index is 0.108. The lowest BCUT2D eigenvalue weighted by molar-refractivity contribution is 0.426. The number of nitrogens with zero attached hydrogens (tertiary/aromatic N) is 1. The molecular weight excluding hydrogens is 248 g/mol. The highest BCUT2D eigenvalue weighted by molar-refractivity contribution is 9.10. The zero-order valence-corrected chi connectivity index (χ0v) is 8.65. The molecule has 0 saturated carbocycles. The van der Waals surface area contributed by atoms with Crippen LogP contribution in [0.3, 0.4) is 0 Å². The minimum absolute atomic E-state index is 0.108. The molecule has 2 aromatic rings. The number of phenolic OH excluding ortho intramolecular Hbond substituents is 1. The van der Waals surface area contributed by atoms with E-state index in [-0.39, 0.29) is 5.75 Å². The number of nitrogens with two attached hydrogens (primary N) is 1. The van der Waals surface area contributed by atoms with Crippen LogP contribution < -0.4 is 5.73 Å². The molecule has 72 valence electrons. The number of anilines is 1. The summed E-state index contributed by atoms with van der Waals surface area (Å²) in [6.07, 6.45) is 1.40. The molecule has 0 saturated heterocycles. The molecule has 0 fully saturated rings. The second-order valence-electron chi connectivity index (χ2n) is 2.77. The number of phenols is 1. The van der Waals surface area contributed by atoms with Gasteiger partial charge in [-0.15, -0.1) is 0 Å². The molecule has 0 amide bonds. The van der Waals surface area contributed by atoms with Crippen molar-refractivity contribution >= 4 is 21.6 Å². The Balaban J connectivity index is 2.62. The van der Waals surface area contributed by atoms with Crippen LogP contribution >= 0.6 is 15.9 Å². The number of benzene rings is 1. The normalized spacial score (nSPS) is 10.4. The van der Waals surface area contributed by atoms with Gasteiger partial charge in [-0.1, -0.05) is 21.1 Å². The number of hydrogen-bond donors (Lipinski definition) is 2. The van der Waals surface area contributed by atoms with E-state index >= 15 is 0 Å². The lowest BCUT2D eigenvalue weighted by Crippen LogP contribution is -1.85. The summed E-state index contributed by atoms with van der Waals surface area (Å²) in [6, 6.07) is 5.00. The van der Waals surface area contributed by atoms with Crippen LogP contribution in [0.2, 0.25) is 0 Å². The smallest absolute Gasteiger partial charge is 0.193 e. The maximum absolute atomic E-state index is 9.57. The Morgan fingerprint density at radius 2 is 2.21 bits per heavy atom. The summed E-state index contributed by atoms with van der Waals surface area (Å²) in [5.74, 6) is 0.487. The molecule has 3 N–H and O–H groups in total. The standard InChI is InChI=1S/C9H7BrN2O2/c10-5-1-2-8(13)6(3-5)9-7(11)4-12-14-9/h1-4,13H,11H2. The summed E-state index contributed by atoms with van der Waals surface area (Å²) in [5.41, 5.74) is 6.53. The maximum atomic E-state index is 9.57. The van der Waals surface area contributed by atoms with Crippen LogP contribution in [0.15, 0.2) is 33.4 Å². The van der Waals surface area contributed by atoms with Gasteiger partial charge in [-0.25, -0.2) is 0 Å². The van der Waals surface area contributed by atoms with Crippen molar-refractivity contribution in [2.75, 3.05) is 5.73 Å². The summed E-state index contributed by atoms with van der Waals surface area (Å²) in [6.45, 7) is 0. The Hall–Kier alpha value is -1.49. The fourth-order valence-electron chi connectivity index (χ4n) is 1.14. The van der Waals surface area contributed by atoms with E-state index in [4.69, 9.17) is 10.3 Å². The molecule has 1 aromatic carbocycles. The molecule has 4 nitrogen and oxygen atoms in total. The van der Waals surface area contributed by atoms with E-state index in [9.17, 15) is 5.11 Å². The Labute approximate surface area is 88.5 Å². The van der Waals surface area contributed by atoms with Crippen molar-refractivity contribution in [3.05, 3.63) is 28.9 Å². The summed E-state index contributed by atoms with van der Waals surface area (Å²) in [5, 5.41) is 13.1. The van der Waals surface area contributed by atoms with Crippen molar-refractivity contribution in [1.82, 2.24) is 5.16 Å². The maximum Gasteiger partial charge on any atom is 0.193 e. The predicted octanol–water partition coefficient (Wildman–Crippen LogP) is 2.39. The van der Waals surface area contributed by atoms with E-state index in [2.05, 4.69) is 21.1 Å². The third kappa shape index (κ3) is 1.46. The van der Waals surface area contributed by atoms with Crippen LogP contribution in [0.25, 0.3) is 11.3 Å². The van der Waals surface area contributed by atoms with Crippen molar-refractivity contribution in [3.63, 3.8) is 0 Å². The van der Waals surface area contributed by atoms with Crippen LogP contribution in [-0.4, -0.2) is 10.3 Å². The first kappa shape index (κ1) is 9.08. The zero-order valence-electron chi connectivity index (χ0n) is 7.07. The molecule has 0 unspecified atom stereocenters. The first-order valence-corrected chi connectivity index (χ1v) is 4.67. The molecule has 0 bridgehead atoms. The van der Waals surface area contributed by atoms with E-state index in [0.29, 0.717) is 17.0 Å². The Morgan fingerprint density at radius 1 is 1.43 bits per heavy atom. The van der Waals surface area contributed by atoms with E-state index < -0.39 is 0 Å². The summed E-state index contributed by atoms with van der Waals surface area (Å²) in [4.78, 5) is 0. The number of halogens is 1. The van der Waals surface area contributed by atoms with Gasteiger partial charge in [0, 0.05) is 4.47 Å². The molecule has 0 aliphatic heterocycles. The Kier molecular flexibility index (Phi) is 2.17. The van der Waals surface area contributed by atoms with Crippen LogP contribution in [0.5, 0.6) is 5.75 Å². The van der Waals surface area contributed by atoms with Crippen molar-refractivity contribution in [1.29, 1.82) is 0 Å². The lowest BCUT2D eigenvalue weighted by Gasteiger charge is -2.01. The first-order valence-electron chi connectivity index (χ1n) is 3.87. The SMILES string of the molecule is Nc1cnoc1-c1cc(Br)ccc1O. The zero-order chi connectivity index (χ0) is 10.1. The molecule has 5 heteroatoms. The van der Waals surface area contributed by atoms with Crippen molar-refractivity contribution in [2.45, 2.75) is 0 Å². The fourth-order valence-corrected chi connectivity index (χ4v) is 1.50. The molecule has 0 atom stereocenters. The van der Waals surface area contributed by atoms with Gasteiger partial charge in [0.25, 0.3) is 0 Å². The van der Waals surface area contributed by atoms with Gasteiger partial charge < -0.3 is 15.4 Å². The van der Waals surface area contributed by atoms with Crippen molar-refractivity contribution in [3.8, 4) is 17.1 Å². The fraction of sp³-hybridized carbons (Fsp3) is 0. The first-order chi connectivity index (χ1) is 6.68. The quantitative estimate of drug-likeness (QED) is 0.820. The van der Waals surface area contributed by atoms with Crippen molar-refractivity contribution in [2.24, 2.45) is 0 Å². The van der Waals surface area contributed by atoms with Gasteiger partial charge in [-0.2, -0.15) is 0 Å². The largest absolute Gasteiger partial charge is 0.507 e. The topological polar surface area (TPSA) is 72.3 Å². The highest BCUT2D eigenvalue weighted by atomic mass is 79.9. The lowest BCUT2D eigenvalue weighted by atomic mass is 10.1. The monoisotopic (exact) mass is 254 g/mol. The number of rotatable bonds is 1. The average Bonchev–Trinajstić information content (AvgIpc) is 2.56. The van der Waals surface area contributed by atoms with Crippen LogP contribution in [0.4, 0.5) is 5.69 Å². The van der Waals surface area contributed by atoms with Crippen LogP contribution in [0.1, 0.15) is 0 Å². The highest BCUT2D eigenvalue weighted by Crippen LogP contribution is 2.34. The van der Waals surface area contributed by atoms with Gasteiger partial charge in [-0.05, 0) is 18.2 Å². The van der Waals surface area contributed by atoms with Gasteiger partial charge >= 0.3 is 0 Å². The van der Waals surface area contributed by atoms with E-state index in [1.165, 1.54) is 6.20 Å². The molecule has 1 aromatic heterocycles. The van der Waals surface area contributed by atoms with Gasteiger partial charge in [0.1, 0.15) is 11.4 Å². The Morgan fingerprint density at radius 3 is 2.86 bits per heavy atom.